The predicted molar refractivity (Wildman–Crippen MR) is 28.0 cm³/mol. The first kappa shape index (κ1) is 5.54. The molecule has 0 unspecified atom stereocenters. The van der Waals surface area contributed by atoms with E-state index in [4.69, 9.17) is 0 Å². The van der Waals surface area contributed by atoms with Gasteiger partial charge in [0.2, 0.25) is 0 Å². The van der Waals surface area contributed by atoms with Crippen LogP contribution in [0.3, 0.4) is 0 Å². The van der Waals surface area contributed by atoms with Crippen LogP contribution < -0.4 is 0 Å². The van der Waals surface area contributed by atoms with Crippen LogP contribution in [0.5, 0.6) is 0 Å². The first-order valence-electron chi connectivity index (χ1n) is 2.06. The van der Waals surface area contributed by atoms with Crippen LogP contribution in [-0.2, 0) is 0 Å². The topological polar surface area (TPSA) is 0 Å². The molecule has 5 heavy (non-hydrogen) atoms. The van der Waals surface area contributed by atoms with E-state index < -0.39 is 0 Å². The molecule has 0 N–H and O–H groups in total. The Hall–Kier alpha value is 0.543. The zero-order chi connectivity index (χ0) is 4.28. The van der Waals surface area contributed by atoms with Gasteiger partial charge in [-0.1, -0.05) is 0 Å². The molecule has 0 aromatic rings. The number of rotatable bonds is 1. The van der Waals surface area contributed by atoms with E-state index in [-0.39, 0.29) is 14.3 Å². The summed E-state index contributed by atoms with van der Waals surface area (Å²) in [5, 5.41) is 1.47. The summed E-state index contributed by atoms with van der Waals surface area (Å²) in [7, 11) is 0. The summed E-state index contributed by atoms with van der Waals surface area (Å²) in [6, 6.07) is 0. The number of hydrogen-bond donors (Lipinski definition) is 0. The molecule has 0 saturated carbocycles. The molecule has 0 aliphatic carbocycles. The van der Waals surface area contributed by atoms with E-state index in [1.807, 2.05) is 0 Å². The molecule has 0 aromatic carbocycles. The summed E-state index contributed by atoms with van der Waals surface area (Å²) >= 11 is -0.356. The molecule has 0 aliphatic heterocycles. The molecule has 0 spiro atoms. The van der Waals surface area contributed by atoms with Crippen LogP contribution in [-0.4, -0.2) is 14.3 Å². The first-order valence-corrected chi connectivity index (χ1v) is 7.74. The Kier molecular flexibility index (Phi) is 3.06. The van der Waals surface area contributed by atoms with Crippen LogP contribution in [0.1, 0.15) is 6.92 Å². The summed E-state index contributed by atoms with van der Waals surface area (Å²) in [5.41, 5.74) is 0. The second kappa shape index (κ2) is 2.76. The van der Waals surface area contributed by atoms with Crippen molar-refractivity contribution >= 4 is 14.3 Å². The Morgan fingerprint density at radius 3 is 1.60 bits per heavy atom. The third kappa shape index (κ3) is 4.54. The molecule has 0 fully saturated rings. The molecule has 0 heterocycles. The van der Waals surface area contributed by atoms with Crippen molar-refractivity contribution in [3.05, 3.63) is 0 Å². The molecule has 0 bridgehead atoms. The molecule has 0 amide bonds. The van der Waals surface area contributed by atoms with Crippen molar-refractivity contribution < 1.29 is 0 Å². The van der Waals surface area contributed by atoms with Crippen molar-refractivity contribution in [2.24, 2.45) is 0 Å². The molecule has 1 radical (unpaired) electrons. The van der Waals surface area contributed by atoms with Gasteiger partial charge in [0.15, 0.2) is 0 Å². The van der Waals surface area contributed by atoms with Crippen molar-refractivity contribution in [2.45, 2.75) is 23.7 Å². The summed E-state index contributed by atoms with van der Waals surface area (Å²) < 4.78 is 0. The van der Waals surface area contributed by atoms with E-state index >= 15 is 0 Å². The Morgan fingerprint density at radius 2 is 1.60 bits per heavy atom. The van der Waals surface area contributed by atoms with Gasteiger partial charge < -0.3 is 0 Å². The summed E-state index contributed by atoms with van der Waals surface area (Å²) in [4.78, 5) is 0. The molecule has 0 aliphatic rings. The summed E-state index contributed by atoms with van der Waals surface area (Å²) in [6.45, 7) is 2.27. The Labute approximate surface area is 38.7 Å². The Morgan fingerprint density at radius 1 is 1.40 bits per heavy atom. The van der Waals surface area contributed by atoms with Crippen molar-refractivity contribution in [1.29, 1.82) is 0 Å². The standard InChI is InChI=1S/C4H11Ge/c1-4-5(2)3/h4H2,1-3H3. The average molecular weight is 132 g/mol. The van der Waals surface area contributed by atoms with Crippen molar-refractivity contribution in [2.75, 3.05) is 0 Å². The molecule has 0 atom stereocenters. The van der Waals surface area contributed by atoms with E-state index in [1.54, 1.807) is 0 Å². The van der Waals surface area contributed by atoms with Crippen LogP contribution in [0.15, 0.2) is 0 Å². The predicted octanol–water partition coefficient (Wildman–Crippen LogP) is 1.76. The zero-order valence-electron chi connectivity index (χ0n) is 4.21. The first-order chi connectivity index (χ1) is 2.27. The van der Waals surface area contributed by atoms with Gasteiger partial charge in [-0.05, 0) is 0 Å². The van der Waals surface area contributed by atoms with Gasteiger partial charge in [-0.3, -0.25) is 0 Å². The number of hydrogen-bond acceptors (Lipinski definition) is 0. The van der Waals surface area contributed by atoms with E-state index in [2.05, 4.69) is 18.4 Å². The monoisotopic (exact) mass is 133 g/mol. The SMILES string of the molecule is C[CH2][Ge]([CH3])[CH3]. The van der Waals surface area contributed by atoms with E-state index in [1.165, 1.54) is 5.25 Å². The van der Waals surface area contributed by atoms with Gasteiger partial charge in [-0.2, -0.15) is 0 Å². The fraction of sp³-hybridized carbons (Fsp3) is 1.00. The molecule has 1 heteroatoms. The zero-order valence-corrected chi connectivity index (χ0v) is 6.31. The third-order valence-electron chi connectivity index (χ3n) is 0.707. The second-order valence-corrected chi connectivity index (χ2v) is 8.11. The third-order valence-corrected chi connectivity index (χ3v) is 3.67. The quantitative estimate of drug-likeness (QED) is 0.476. The van der Waals surface area contributed by atoms with Crippen molar-refractivity contribution in [3.63, 3.8) is 0 Å². The molecular formula is C4H11Ge. The molecule has 0 saturated heterocycles. The minimum absolute atomic E-state index is 0.356. The van der Waals surface area contributed by atoms with Crippen LogP contribution in [0.2, 0.25) is 16.8 Å². The van der Waals surface area contributed by atoms with Gasteiger partial charge in [0, 0.05) is 0 Å². The van der Waals surface area contributed by atoms with Gasteiger partial charge in [0.1, 0.15) is 0 Å². The van der Waals surface area contributed by atoms with E-state index in [0.29, 0.717) is 0 Å². The molecule has 0 nitrogen and oxygen atoms in total. The molecule has 0 rings (SSSR count). The van der Waals surface area contributed by atoms with Crippen molar-refractivity contribution in [3.8, 4) is 0 Å². The van der Waals surface area contributed by atoms with Crippen LogP contribution in [0.4, 0.5) is 0 Å². The van der Waals surface area contributed by atoms with Crippen LogP contribution >= 0.6 is 0 Å². The average Bonchev–Trinajstić information content (AvgIpc) is 1.38. The maximum atomic E-state index is 2.39. The summed E-state index contributed by atoms with van der Waals surface area (Å²) in [5.74, 6) is 4.78. The van der Waals surface area contributed by atoms with Gasteiger partial charge in [0.25, 0.3) is 0 Å². The maximum absolute atomic E-state index is 2.39. The summed E-state index contributed by atoms with van der Waals surface area (Å²) in [6.07, 6.45) is 0. The fourth-order valence-corrected chi connectivity index (χ4v) is 0. The van der Waals surface area contributed by atoms with Gasteiger partial charge in [0.05, 0.1) is 0 Å². The molecular weight excluding hydrogens is 121 g/mol. The van der Waals surface area contributed by atoms with Crippen LogP contribution in [0.25, 0.3) is 0 Å². The fourth-order valence-electron chi connectivity index (χ4n) is 0. The van der Waals surface area contributed by atoms with Crippen molar-refractivity contribution in [1.82, 2.24) is 0 Å². The van der Waals surface area contributed by atoms with Gasteiger partial charge in [-0.25, -0.2) is 0 Å². The van der Waals surface area contributed by atoms with Crippen LogP contribution in [0, 0.1) is 0 Å². The Bertz CT molecular complexity index is 17.6. The van der Waals surface area contributed by atoms with Gasteiger partial charge >= 0.3 is 38.0 Å². The molecule has 31 valence electrons. The second-order valence-electron chi connectivity index (χ2n) is 1.56. The Balaban J connectivity index is 2.54. The van der Waals surface area contributed by atoms with E-state index in [0.717, 1.165) is 0 Å². The molecule has 0 aromatic heterocycles. The normalized spacial score (nSPS) is 9.60. The minimum atomic E-state index is -0.356. The van der Waals surface area contributed by atoms with E-state index in [9.17, 15) is 0 Å². The van der Waals surface area contributed by atoms with Gasteiger partial charge in [-0.15, -0.1) is 0 Å².